The van der Waals surface area contributed by atoms with Crippen molar-refractivity contribution in [1.82, 2.24) is 0 Å². The van der Waals surface area contributed by atoms with Gasteiger partial charge in [0.05, 0.1) is 14.2 Å². The van der Waals surface area contributed by atoms with Crippen molar-refractivity contribution in [2.45, 2.75) is 11.6 Å². The lowest BCUT2D eigenvalue weighted by Gasteiger charge is -2.36. The van der Waals surface area contributed by atoms with Crippen LogP contribution in [0.4, 0.5) is 0 Å². The summed E-state index contributed by atoms with van der Waals surface area (Å²) >= 11 is 0. The first-order valence-corrected chi connectivity index (χ1v) is 10.1. The monoisotopic (exact) mass is 412 g/mol. The summed E-state index contributed by atoms with van der Waals surface area (Å²) in [5.41, 5.74) is 3.47. The Morgan fingerprint density at radius 2 is 1.03 bits per heavy atom. The molecular weight excluding hydrogens is 392 g/mol. The zero-order chi connectivity index (χ0) is 21.1. The molecule has 0 aliphatic carbocycles. The average Bonchev–Trinajstić information content (AvgIpc) is 3.21. The molecule has 1 saturated heterocycles. The third-order valence-corrected chi connectivity index (χ3v) is 6.12. The van der Waals surface area contributed by atoms with Gasteiger partial charge in [-0.1, -0.05) is 36.4 Å². The molecule has 2 atom stereocenters. The molecule has 4 aromatic carbocycles. The topological polar surface area (TPSA) is 46.2 Å². The molecule has 2 unspecified atom stereocenters. The molecule has 31 heavy (non-hydrogen) atoms. The largest absolute Gasteiger partial charge is 0.497 e. The van der Waals surface area contributed by atoms with Crippen molar-refractivity contribution in [1.29, 1.82) is 0 Å². The summed E-state index contributed by atoms with van der Waals surface area (Å²) < 4.78 is 17.4. The van der Waals surface area contributed by atoms with Crippen LogP contribution in [-0.4, -0.2) is 14.2 Å². The average molecular weight is 412 g/mol. The van der Waals surface area contributed by atoms with Crippen molar-refractivity contribution in [3.8, 4) is 11.5 Å². The first-order chi connectivity index (χ1) is 15.2. The van der Waals surface area contributed by atoms with Crippen LogP contribution in [0.1, 0.15) is 22.3 Å². The Kier molecular flexibility index (Phi) is 3.89. The predicted octanol–water partition coefficient (Wildman–Crippen LogP) is 5.25. The minimum Gasteiger partial charge on any atom is -0.497 e. The molecule has 154 valence electrons. The first kappa shape index (κ1) is 18.4. The van der Waals surface area contributed by atoms with Crippen LogP contribution in [0.5, 0.6) is 11.5 Å². The van der Waals surface area contributed by atoms with Crippen LogP contribution < -0.4 is 9.47 Å². The lowest BCUT2D eigenvalue weighted by molar-refractivity contribution is -0.339. The first-order valence-electron chi connectivity index (χ1n) is 10.1. The maximum atomic E-state index is 6.78. The normalized spacial score (nSPS) is 23.7. The van der Waals surface area contributed by atoms with E-state index in [0.29, 0.717) is 0 Å². The molecule has 2 aliphatic heterocycles. The Balaban J connectivity index is 1.64. The van der Waals surface area contributed by atoms with E-state index in [4.69, 9.17) is 24.0 Å². The summed E-state index contributed by atoms with van der Waals surface area (Å²) in [6.45, 7) is 0. The summed E-state index contributed by atoms with van der Waals surface area (Å²) in [5.74, 6) is -0.898. The number of hydrogen-bond acceptors (Lipinski definition) is 5. The third kappa shape index (κ3) is 2.42. The van der Waals surface area contributed by atoms with Crippen molar-refractivity contribution in [3.63, 3.8) is 0 Å². The fourth-order valence-electron chi connectivity index (χ4n) is 4.59. The fourth-order valence-corrected chi connectivity index (χ4v) is 4.59. The van der Waals surface area contributed by atoms with Crippen molar-refractivity contribution >= 4 is 10.8 Å². The Morgan fingerprint density at radius 3 is 1.45 bits per heavy atom. The highest BCUT2D eigenvalue weighted by atomic mass is 17.3. The molecule has 0 spiro atoms. The molecule has 2 heterocycles. The van der Waals surface area contributed by atoms with Crippen molar-refractivity contribution < 1.29 is 24.0 Å². The van der Waals surface area contributed by atoms with Crippen LogP contribution in [0.2, 0.25) is 0 Å². The van der Waals surface area contributed by atoms with Gasteiger partial charge in [-0.2, -0.15) is 9.78 Å². The number of fused-ring (bicyclic) bond motifs is 4. The van der Waals surface area contributed by atoms with Crippen LogP contribution in [0.15, 0.2) is 84.9 Å². The number of ether oxygens (including phenoxy) is 3. The summed E-state index contributed by atoms with van der Waals surface area (Å²) in [6.07, 6.45) is 0. The highest BCUT2D eigenvalue weighted by molar-refractivity contribution is 5.92. The summed E-state index contributed by atoms with van der Waals surface area (Å²) in [7, 11) is 3.29. The molecular formula is C26H20O5. The molecule has 0 saturated carbocycles. The molecule has 5 heteroatoms. The van der Waals surface area contributed by atoms with E-state index in [1.807, 2.05) is 72.8 Å². The van der Waals surface area contributed by atoms with Crippen LogP contribution in [0.25, 0.3) is 10.8 Å². The lowest BCUT2D eigenvalue weighted by atomic mass is 9.83. The van der Waals surface area contributed by atoms with E-state index >= 15 is 0 Å². The molecule has 4 aromatic rings. The lowest BCUT2D eigenvalue weighted by Crippen LogP contribution is -2.39. The van der Waals surface area contributed by atoms with E-state index in [-0.39, 0.29) is 0 Å². The molecule has 0 amide bonds. The highest BCUT2D eigenvalue weighted by Crippen LogP contribution is 2.59. The van der Waals surface area contributed by atoms with Gasteiger partial charge in [-0.15, -0.1) is 0 Å². The molecule has 0 N–H and O–H groups in total. The van der Waals surface area contributed by atoms with Gasteiger partial charge in [-0.25, -0.2) is 0 Å². The zero-order valence-corrected chi connectivity index (χ0v) is 17.1. The number of methoxy groups -OCH3 is 2. The van der Waals surface area contributed by atoms with Crippen LogP contribution in [0.3, 0.4) is 0 Å². The second-order valence-corrected chi connectivity index (χ2v) is 7.67. The van der Waals surface area contributed by atoms with Gasteiger partial charge in [0, 0.05) is 22.3 Å². The Bertz CT molecular complexity index is 1190. The Morgan fingerprint density at radius 1 is 0.581 bits per heavy atom. The van der Waals surface area contributed by atoms with Crippen molar-refractivity contribution in [2.75, 3.05) is 14.2 Å². The molecule has 2 aliphatic rings. The van der Waals surface area contributed by atoms with Gasteiger partial charge in [0.25, 0.3) is 11.6 Å². The predicted molar refractivity (Wildman–Crippen MR) is 115 cm³/mol. The Labute approximate surface area is 179 Å². The van der Waals surface area contributed by atoms with Gasteiger partial charge in [-0.3, -0.25) is 4.74 Å². The maximum absolute atomic E-state index is 6.78. The molecule has 5 nitrogen and oxygen atoms in total. The van der Waals surface area contributed by atoms with E-state index in [1.54, 1.807) is 14.2 Å². The van der Waals surface area contributed by atoms with Crippen molar-refractivity contribution in [2.24, 2.45) is 0 Å². The number of hydrogen-bond donors (Lipinski definition) is 0. The quantitative estimate of drug-likeness (QED) is 0.429. The van der Waals surface area contributed by atoms with Gasteiger partial charge in [-0.05, 0) is 59.3 Å². The fraction of sp³-hybridized carbons (Fsp3) is 0.154. The standard InChI is InChI=1S/C26H20O5/c1-27-20-13-9-18(10-14-20)25-22-7-3-5-17-6-4-8-23(24(17)22)26(29-25,31-30-25)19-11-15-21(28-2)16-12-19/h3-16H,1-2H3. The Hall–Kier alpha value is -3.38. The maximum Gasteiger partial charge on any atom is 0.257 e. The minimum absolute atomic E-state index is 0.759. The highest BCUT2D eigenvalue weighted by Gasteiger charge is 2.61. The molecule has 6 rings (SSSR count). The SMILES string of the molecule is COc1ccc(C23OOC(c4ccc(OC)cc4)(O2)c2cccc4cccc3c24)cc1. The minimum atomic E-state index is -1.21. The third-order valence-electron chi connectivity index (χ3n) is 6.12. The summed E-state index contributed by atoms with van der Waals surface area (Å²) in [6, 6.07) is 27.6. The summed E-state index contributed by atoms with van der Waals surface area (Å²) in [5, 5.41) is 2.17. The van der Waals surface area contributed by atoms with E-state index in [1.165, 1.54) is 0 Å². The van der Waals surface area contributed by atoms with Gasteiger partial charge in [0.2, 0.25) is 0 Å². The van der Waals surface area contributed by atoms with Gasteiger partial charge in [0.15, 0.2) is 0 Å². The van der Waals surface area contributed by atoms with Crippen molar-refractivity contribution in [3.05, 3.63) is 107 Å². The second kappa shape index (κ2) is 6.56. The number of benzene rings is 4. The molecule has 0 radical (unpaired) electrons. The summed E-state index contributed by atoms with van der Waals surface area (Å²) in [4.78, 5) is 12.2. The molecule has 0 aromatic heterocycles. The van der Waals surface area contributed by atoms with E-state index < -0.39 is 11.6 Å². The van der Waals surface area contributed by atoms with Crippen LogP contribution in [-0.2, 0) is 26.1 Å². The van der Waals surface area contributed by atoms with E-state index in [2.05, 4.69) is 12.1 Å². The zero-order valence-electron chi connectivity index (χ0n) is 17.1. The second-order valence-electron chi connectivity index (χ2n) is 7.67. The van der Waals surface area contributed by atoms with Crippen LogP contribution >= 0.6 is 0 Å². The molecule has 1 fully saturated rings. The van der Waals surface area contributed by atoms with E-state index in [0.717, 1.165) is 44.5 Å². The van der Waals surface area contributed by atoms with Gasteiger partial charge >= 0.3 is 0 Å². The van der Waals surface area contributed by atoms with Gasteiger partial charge < -0.3 is 9.47 Å². The van der Waals surface area contributed by atoms with E-state index in [9.17, 15) is 0 Å². The number of rotatable bonds is 4. The molecule has 2 bridgehead atoms. The van der Waals surface area contributed by atoms with Gasteiger partial charge in [0.1, 0.15) is 11.5 Å². The smallest absolute Gasteiger partial charge is 0.257 e. The van der Waals surface area contributed by atoms with Crippen LogP contribution in [0, 0.1) is 0 Å².